The molecule has 0 aliphatic carbocycles. The highest BCUT2D eigenvalue weighted by atomic mass is 16.5. The maximum absolute atomic E-state index is 12.3. The first-order valence-electron chi connectivity index (χ1n) is 13.4. The number of fused-ring (bicyclic) bond motifs is 1. The van der Waals surface area contributed by atoms with Gasteiger partial charge in [-0.3, -0.25) is 14.7 Å². The van der Waals surface area contributed by atoms with Gasteiger partial charge in [-0.25, -0.2) is 0 Å². The van der Waals surface area contributed by atoms with Gasteiger partial charge >= 0.3 is 5.97 Å². The second kappa shape index (κ2) is 11.5. The van der Waals surface area contributed by atoms with Gasteiger partial charge in [-0.1, -0.05) is 25.1 Å². The first-order chi connectivity index (χ1) is 17.7. The first kappa shape index (κ1) is 26.9. The number of pyridine rings is 1. The fourth-order valence-electron chi connectivity index (χ4n) is 5.21. The van der Waals surface area contributed by atoms with Crippen molar-refractivity contribution in [3.63, 3.8) is 0 Å². The van der Waals surface area contributed by atoms with Crippen LogP contribution in [-0.2, 0) is 17.9 Å². The number of aryl methyl sites for hydroxylation is 1. The van der Waals surface area contributed by atoms with E-state index >= 15 is 0 Å². The number of carbonyl (C=O) groups is 1. The average molecular weight is 507 g/mol. The number of rotatable bonds is 10. The van der Waals surface area contributed by atoms with Gasteiger partial charge in [-0.15, -0.1) is 4.68 Å². The summed E-state index contributed by atoms with van der Waals surface area (Å²) in [6.07, 6.45) is 6.35. The molecule has 0 radical (unpaired) electrons. The fourth-order valence-corrected chi connectivity index (χ4v) is 5.21. The van der Waals surface area contributed by atoms with Crippen molar-refractivity contribution in [2.75, 3.05) is 13.1 Å². The van der Waals surface area contributed by atoms with Crippen LogP contribution in [0.15, 0.2) is 46.9 Å². The molecule has 0 spiro atoms. The molecule has 2 aliphatic heterocycles. The summed E-state index contributed by atoms with van der Waals surface area (Å²) in [5.41, 5.74) is 3.51. The Morgan fingerprint density at radius 3 is 2.81 bits per heavy atom. The van der Waals surface area contributed by atoms with Crippen molar-refractivity contribution in [1.82, 2.24) is 9.88 Å². The molecule has 1 aromatic carbocycles. The monoisotopic (exact) mass is 506 g/mol. The molecule has 2 unspecified atom stereocenters. The van der Waals surface area contributed by atoms with Gasteiger partial charge in [0.15, 0.2) is 0 Å². The third-order valence-electron chi connectivity index (χ3n) is 7.76. The normalized spacial score (nSPS) is 20.6. The van der Waals surface area contributed by atoms with Crippen LogP contribution in [0.3, 0.4) is 0 Å². The van der Waals surface area contributed by atoms with E-state index in [2.05, 4.69) is 52.3 Å². The third kappa shape index (κ3) is 6.24. The Morgan fingerprint density at radius 1 is 1.30 bits per heavy atom. The maximum Gasteiger partial charge on any atom is 0.309 e. The molecule has 2 aromatic rings. The van der Waals surface area contributed by atoms with Crippen molar-refractivity contribution >= 4 is 12.2 Å². The van der Waals surface area contributed by atoms with Gasteiger partial charge in [-0.05, 0) is 75.3 Å². The summed E-state index contributed by atoms with van der Waals surface area (Å²) < 4.78 is 8.08. The predicted octanol–water partition coefficient (Wildman–Crippen LogP) is 5.39. The van der Waals surface area contributed by atoms with Gasteiger partial charge in [0.05, 0.1) is 11.1 Å². The van der Waals surface area contributed by atoms with E-state index in [1.54, 1.807) is 0 Å². The molecule has 4 rings (SSSR count). The van der Waals surface area contributed by atoms with E-state index in [1.807, 2.05) is 50.0 Å². The van der Waals surface area contributed by atoms with E-state index in [0.717, 1.165) is 56.0 Å². The highest BCUT2D eigenvalue weighted by Gasteiger charge is 2.39. The minimum atomic E-state index is -0.917. The number of ether oxygens (including phenoxy) is 1. The van der Waals surface area contributed by atoms with Crippen LogP contribution in [0.2, 0.25) is 0 Å². The van der Waals surface area contributed by atoms with Crippen molar-refractivity contribution < 1.29 is 19.3 Å². The fraction of sp³-hybridized carbons (Fsp3) is 0.552. The topological polar surface area (TPSA) is 90.4 Å². The van der Waals surface area contributed by atoms with Crippen molar-refractivity contribution in [3.05, 3.63) is 58.9 Å². The molecule has 0 saturated carbocycles. The van der Waals surface area contributed by atoms with Crippen molar-refractivity contribution in [3.8, 4) is 5.75 Å². The van der Waals surface area contributed by atoms with E-state index < -0.39 is 11.4 Å². The van der Waals surface area contributed by atoms with E-state index in [0.29, 0.717) is 6.42 Å². The number of carboxylic acid groups (broad SMARTS) is 1. The Bertz CT molecular complexity index is 1180. The molecule has 1 N–H and O–H groups in total. The van der Waals surface area contributed by atoms with Gasteiger partial charge in [-0.2, -0.15) is 0 Å². The first-order valence-corrected chi connectivity index (χ1v) is 13.4. The number of hydrogen-bond acceptors (Lipinski definition) is 6. The zero-order valence-corrected chi connectivity index (χ0v) is 22.7. The molecule has 0 fully saturated rings. The van der Waals surface area contributed by atoms with Crippen LogP contribution in [-0.4, -0.2) is 57.1 Å². The molecular formula is C29H40N5O3+. The molecule has 3 atom stereocenters. The van der Waals surface area contributed by atoms with Gasteiger partial charge in [0.25, 0.3) is 0 Å². The summed E-state index contributed by atoms with van der Waals surface area (Å²) in [6.45, 7) is 13.1. The zero-order valence-electron chi connectivity index (χ0n) is 22.7. The van der Waals surface area contributed by atoms with Crippen LogP contribution in [0.5, 0.6) is 5.75 Å². The smallest absolute Gasteiger partial charge is 0.309 e. The number of aromatic nitrogens is 1. The Balaban J connectivity index is 1.59. The quantitative estimate of drug-likeness (QED) is 0.436. The minimum Gasteiger partial charge on any atom is -0.487 e. The average Bonchev–Trinajstić information content (AvgIpc) is 3.26. The summed E-state index contributed by atoms with van der Waals surface area (Å²) in [5.74, 6) is -0.0695. The minimum absolute atomic E-state index is 0.00684. The summed E-state index contributed by atoms with van der Waals surface area (Å²) >= 11 is 0. The van der Waals surface area contributed by atoms with Crippen LogP contribution >= 0.6 is 0 Å². The Hall–Kier alpha value is -3.13. The third-order valence-corrected chi connectivity index (χ3v) is 7.76. The molecule has 8 nitrogen and oxygen atoms in total. The number of aliphatic carboxylic acids is 1. The van der Waals surface area contributed by atoms with Crippen molar-refractivity contribution in [1.29, 1.82) is 0 Å². The van der Waals surface area contributed by atoms with E-state index in [4.69, 9.17) is 4.74 Å². The summed E-state index contributed by atoms with van der Waals surface area (Å²) in [6, 6.07) is 10.4. The highest BCUT2D eigenvalue weighted by Crippen LogP contribution is 2.41. The molecule has 1 aromatic heterocycles. The van der Waals surface area contributed by atoms with Gasteiger partial charge < -0.3 is 9.84 Å². The summed E-state index contributed by atoms with van der Waals surface area (Å²) in [7, 11) is 0. The molecule has 198 valence electrons. The Labute approximate surface area is 220 Å². The van der Waals surface area contributed by atoms with E-state index in [9.17, 15) is 9.90 Å². The molecule has 2 aliphatic rings. The Morgan fingerprint density at radius 2 is 2.11 bits per heavy atom. The summed E-state index contributed by atoms with van der Waals surface area (Å²) in [4.78, 5) is 19.3. The standard InChI is InChI=1S/C29H39N5O3/c1-6-24-18-33(19-26-27(37-24)9-8-14-30-26)16-22-15-21(11-10-20(22)3)25(29(4,5)28(35)36)13-12-23-17-34(7-2)32-31-23/h8-11,14-15,17,23-25H,6-7,12-13,16,18-19H2,1-5H3/p+1/t23?,24-,25?/m1/s1. The SMILES string of the molecule is CC[C@@H]1CN(Cc2cc(C(CCC3C=[N+](CC)N=N3)C(C)(C)C(=O)O)ccc2C)Cc2ncccc2O1. The largest absolute Gasteiger partial charge is 0.487 e. The molecule has 37 heavy (non-hydrogen) atoms. The lowest BCUT2D eigenvalue weighted by molar-refractivity contribution is -0.528. The van der Waals surface area contributed by atoms with Crippen molar-refractivity contribution in [2.45, 2.75) is 85.0 Å². The predicted molar refractivity (Wildman–Crippen MR) is 143 cm³/mol. The second-order valence-corrected chi connectivity index (χ2v) is 10.8. The molecule has 8 heteroatoms. The summed E-state index contributed by atoms with van der Waals surface area (Å²) in [5, 5.41) is 18.7. The lowest BCUT2D eigenvalue weighted by Crippen LogP contribution is -2.33. The maximum atomic E-state index is 12.3. The Kier molecular flexibility index (Phi) is 8.37. The number of hydrogen-bond donors (Lipinski definition) is 1. The molecule has 0 amide bonds. The van der Waals surface area contributed by atoms with Crippen LogP contribution in [0.4, 0.5) is 0 Å². The molecule has 3 heterocycles. The molecule has 0 bridgehead atoms. The van der Waals surface area contributed by atoms with Crippen LogP contribution in [0.25, 0.3) is 0 Å². The van der Waals surface area contributed by atoms with Crippen molar-refractivity contribution in [2.24, 2.45) is 15.8 Å². The highest BCUT2D eigenvalue weighted by molar-refractivity contribution is 5.75. The van der Waals surface area contributed by atoms with Gasteiger partial charge in [0.1, 0.15) is 29.8 Å². The van der Waals surface area contributed by atoms with Gasteiger partial charge in [0, 0.05) is 37.4 Å². The second-order valence-electron chi connectivity index (χ2n) is 10.8. The number of nitrogens with zero attached hydrogens (tertiary/aromatic N) is 5. The van der Waals surface area contributed by atoms with Crippen LogP contribution in [0, 0.1) is 12.3 Å². The zero-order chi connectivity index (χ0) is 26.6. The number of carboxylic acids is 1. The van der Waals surface area contributed by atoms with Crippen LogP contribution < -0.4 is 4.74 Å². The van der Waals surface area contributed by atoms with E-state index in [1.165, 1.54) is 11.1 Å². The van der Waals surface area contributed by atoms with Crippen LogP contribution in [0.1, 0.15) is 75.3 Å². The lowest BCUT2D eigenvalue weighted by Gasteiger charge is -2.32. The number of benzene rings is 1. The molecule has 0 saturated heterocycles. The molecular weight excluding hydrogens is 466 g/mol. The van der Waals surface area contributed by atoms with E-state index in [-0.39, 0.29) is 18.1 Å². The van der Waals surface area contributed by atoms with Gasteiger partial charge in [0.2, 0.25) is 6.04 Å². The lowest BCUT2D eigenvalue weighted by atomic mass is 9.72.